The number of fused-ring (bicyclic) bond motifs is 1. The van der Waals surface area contributed by atoms with E-state index in [1.807, 2.05) is 30.3 Å². The van der Waals surface area contributed by atoms with Crippen LogP contribution in [0.4, 0.5) is 0 Å². The molecule has 0 amide bonds. The Morgan fingerprint density at radius 3 is 2.52 bits per heavy atom. The molecular formula is C22H16Cl2N2O3. The van der Waals surface area contributed by atoms with Gasteiger partial charge in [-0.1, -0.05) is 47.5 Å². The molecule has 2 heterocycles. The Labute approximate surface area is 177 Å². The molecule has 5 nitrogen and oxygen atoms in total. The van der Waals surface area contributed by atoms with Crippen molar-refractivity contribution in [3.8, 4) is 22.7 Å². The number of halogens is 2. The monoisotopic (exact) mass is 426 g/mol. The van der Waals surface area contributed by atoms with Crippen LogP contribution in [0.1, 0.15) is 16.1 Å². The van der Waals surface area contributed by atoms with Crippen LogP contribution in [0, 0.1) is 6.92 Å². The van der Waals surface area contributed by atoms with Crippen molar-refractivity contribution in [2.24, 2.45) is 0 Å². The van der Waals surface area contributed by atoms with Crippen LogP contribution in [-0.4, -0.2) is 27.7 Å². The van der Waals surface area contributed by atoms with Gasteiger partial charge in [-0.05, 0) is 31.2 Å². The van der Waals surface area contributed by atoms with E-state index in [9.17, 15) is 9.90 Å². The molecule has 0 spiro atoms. The van der Waals surface area contributed by atoms with E-state index >= 15 is 0 Å². The molecule has 146 valence electrons. The normalized spacial score (nSPS) is 11.0. The molecule has 2 aromatic heterocycles. The summed E-state index contributed by atoms with van der Waals surface area (Å²) in [6.45, 7) is 1.72. The Morgan fingerprint density at radius 1 is 1.14 bits per heavy atom. The smallest absolute Gasteiger partial charge is 0.340 e. The molecule has 0 aliphatic heterocycles. The van der Waals surface area contributed by atoms with E-state index < -0.39 is 5.97 Å². The largest absolute Gasteiger partial charge is 0.494 e. The summed E-state index contributed by atoms with van der Waals surface area (Å²) < 4.78 is 6.60. The molecule has 0 aliphatic carbocycles. The lowest BCUT2D eigenvalue weighted by molar-refractivity contribution is 0.0600. The number of aromatic hydroxyl groups is 1. The Kier molecular flexibility index (Phi) is 4.94. The van der Waals surface area contributed by atoms with Crippen molar-refractivity contribution in [2.75, 3.05) is 7.11 Å². The third-order valence-electron chi connectivity index (χ3n) is 4.73. The second-order valence-corrected chi connectivity index (χ2v) is 7.33. The summed E-state index contributed by atoms with van der Waals surface area (Å²) in [4.78, 5) is 17.2. The number of carbonyl (C=O) groups excluding carboxylic acids is 1. The van der Waals surface area contributed by atoms with Gasteiger partial charge >= 0.3 is 5.97 Å². The van der Waals surface area contributed by atoms with Crippen molar-refractivity contribution in [3.63, 3.8) is 0 Å². The molecule has 0 atom stereocenters. The average molecular weight is 427 g/mol. The molecule has 0 saturated heterocycles. The molecular weight excluding hydrogens is 411 g/mol. The van der Waals surface area contributed by atoms with Crippen molar-refractivity contribution in [3.05, 3.63) is 76.0 Å². The highest BCUT2D eigenvalue weighted by molar-refractivity contribution is 6.37. The number of rotatable bonds is 3. The van der Waals surface area contributed by atoms with Crippen LogP contribution in [0.25, 0.3) is 27.7 Å². The molecule has 0 radical (unpaired) electrons. The number of benzene rings is 2. The maximum Gasteiger partial charge on any atom is 0.340 e. The van der Waals surface area contributed by atoms with E-state index in [1.165, 1.54) is 7.11 Å². The highest BCUT2D eigenvalue weighted by atomic mass is 35.5. The van der Waals surface area contributed by atoms with Crippen LogP contribution in [0.2, 0.25) is 10.0 Å². The first-order valence-corrected chi connectivity index (χ1v) is 9.51. The van der Waals surface area contributed by atoms with Gasteiger partial charge in [-0.15, -0.1) is 0 Å². The molecule has 4 aromatic rings. The molecule has 0 aliphatic rings. The zero-order chi connectivity index (χ0) is 20.7. The topological polar surface area (TPSA) is 64.3 Å². The number of hydrogen-bond donors (Lipinski definition) is 1. The van der Waals surface area contributed by atoms with Gasteiger partial charge < -0.3 is 9.84 Å². The van der Waals surface area contributed by atoms with Crippen LogP contribution < -0.4 is 0 Å². The zero-order valence-electron chi connectivity index (χ0n) is 15.6. The minimum Gasteiger partial charge on any atom is -0.494 e. The molecule has 4 rings (SSSR count). The number of carbonyl (C=O) groups is 1. The summed E-state index contributed by atoms with van der Waals surface area (Å²) in [5.74, 6) is -0.616. The van der Waals surface area contributed by atoms with Crippen molar-refractivity contribution in [2.45, 2.75) is 6.92 Å². The van der Waals surface area contributed by atoms with Gasteiger partial charge in [-0.25, -0.2) is 4.79 Å². The summed E-state index contributed by atoms with van der Waals surface area (Å²) in [6.07, 6.45) is 1.72. The lowest BCUT2D eigenvalue weighted by Crippen LogP contribution is -2.08. The minimum absolute atomic E-state index is 0.0510. The van der Waals surface area contributed by atoms with E-state index in [-0.39, 0.29) is 11.4 Å². The van der Waals surface area contributed by atoms with Gasteiger partial charge in [0.1, 0.15) is 0 Å². The van der Waals surface area contributed by atoms with Crippen LogP contribution in [0.3, 0.4) is 0 Å². The lowest BCUT2D eigenvalue weighted by Gasteiger charge is -2.14. The molecule has 0 fully saturated rings. The van der Waals surface area contributed by atoms with Gasteiger partial charge in [0.05, 0.1) is 29.3 Å². The first kappa shape index (κ1) is 19.3. The van der Waals surface area contributed by atoms with Crippen LogP contribution >= 0.6 is 23.2 Å². The first-order chi connectivity index (χ1) is 13.9. The number of nitrogens with zero attached hydrogens (tertiary/aromatic N) is 2. The Morgan fingerprint density at radius 2 is 1.86 bits per heavy atom. The summed E-state index contributed by atoms with van der Waals surface area (Å²) >= 11 is 12.5. The second-order valence-electron chi connectivity index (χ2n) is 6.48. The van der Waals surface area contributed by atoms with E-state index in [1.54, 1.807) is 35.9 Å². The highest BCUT2D eigenvalue weighted by Gasteiger charge is 2.26. The number of hydrogen-bond acceptors (Lipinski definition) is 4. The standard InChI is InChI=1S/C22H16Cl2N2O3/c1-12-18(22(28)29-2)19(15-9-8-13(23)10-16(15)24)20-17(25-12)11-26(21(20)27)14-6-4-3-5-7-14/h3-11,27H,1-2H3. The maximum absolute atomic E-state index is 12.6. The number of methoxy groups -OCH3 is 1. The van der Waals surface area contributed by atoms with E-state index in [4.69, 9.17) is 27.9 Å². The van der Waals surface area contributed by atoms with Gasteiger partial charge in [0, 0.05) is 33.1 Å². The molecule has 2 aromatic carbocycles. The fourth-order valence-electron chi connectivity index (χ4n) is 3.45. The van der Waals surface area contributed by atoms with Gasteiger partial charge in [0.2, 0.25) is 5.88 Å². The number of aryl methyl sites for hydroxylation is 1. The van der Waals surface area contributed by atoms with E-state index in [2.05, 4.69) is 4.98 Å². The van der Waals surface area contributed by atoms with Gasteiger partial charge in [0.25, 0.3) is 0 Å². The Hall–Kier alpha value is -3.02. The van der Waals surface area contributed by atoms with Crippen LogP contribution in [-0.2, 0) is 4.74 Å². The molecule has 1 N–H and O–H groups in total. The second kappa shape index (κ2) is 7.43. The molecule has 0 unspecified atom stereocenters. The number of pyridine rings is 1. The van der Waals surface area contributed by atoms with Crippen molar-refractivity contribution < 1.29 is 14.6 Å². The van der Waals surface area contributed by atoms with Gasteiger partial charge in [-0.2, -0.15) is 0 Å². The SMILES string of the molecule is COC(=O)c1c(C)nc2cn(-c3ccccc3)c(O)c2c1-c1ccc(Cl)cc1Cl. The first-order valence-electron chi connectivity index (χ1n) is 8.76. The summed E-state index contributed by atoms with van der Waals surface area (Å²) in [5.41, 5.74) is 2.99. The predicted molar refractivity (Wildman–Crippen MR) is 114 cm³/mol. The van der Waals surface area contributed by atoms with Gasteiger partial charge in [0.15, 0.2) is 0 Å². The highest BCUT2D eigenvalue weighted by Crippen LogP contribution is 2.43. The van der Waals surface area contributed by atoms with Crippen molar-refractivity contribution in [1.29, 1.82) is 0 Å². The fraction of sp³-hybridized carbons (Fsp3) is 0.0909. The third-order valence-corrected chi connectivity index (χ3v) is 5.28. The van der Waals surface area contributed by atoms with E-state index in [0.717, 1.165) is 5.69 Å². The quantitative estimate of drug-likeness (QED) is 0.420. The predicted octanol–water partition coefficient (Wildman–Crippen LogP) is 5.80. The van der Waals surface area contributed by atoms with Crippen LogP contribution in [0.5, 0.6) is 5.88 Å². The number of esters is 1. The fourth-order valence-corrected chi connectivity index (χ4v) is 3.95. The van der Waals surface area contributed by atoms with Gasteiger partial charge in [-0.3, -0.25) is 9.55 Å². The average Bonchev–Trinajstić information content (AvgIpc) is 3.03. The molecule has 29 heavy (non-hydrogen) atoms. The maximum atomic E-state index is 12.6. The van der Waals surface area contributed by atoms with Crippen LogP contribution in [0.15, 0.2) is 54.7 Å². The third kappa shape index (κ3) is 3.22. The number of aromatic nitrogens is 2. The number of para-hydroxylation sites is 1. The summed E-state index contributed by atoms with van der Waals surface area (Å²) in [7, 11) is 1.30. The van der Waals surface area contributed by atoms with E-state index in [0.29, 0.717) is 37.8 Å². The zero-order valence-corrected chi connectivity index (χ0v) is 17.1. The number of ether oxygens (including phenoxy) is 1. The minimum atomic E-state index is -0.565. The lowest BCUT2D eigenvalue weighted by atomic mass is 9.95. The summed E-state index contributed by atoms with van der Waals surface area (Å²) in [5, 5.41) is 12.3. The molecule has 0 saturated carbocycles. The molecule has 7 heteroatoms. The van der Waals surface area contributed by atoms with Crippen molar-refractivity contribution in [1.82, 2.24) is 9.55 Å². The Bertz CT molecular complexity index is 1250. The Balaban J connectivity index is 2.15. The summed E-state index contributed by atoms with van der Waals surface area (Å²) in [6, 6.07) is 14.3. The molecule has 0 bridgehead atoms. The van der Waals surface area contributed by atoms with Crippen molar-refractivity contribution >= 4 is 40.1 Å².